The first-order chi connectivity index (χ1) is 4.70. The number of halogens is 1. The van der Waals surface area contributed by atoms with Crippen LogP contribution >= 0.6 is 11.6 Å². The standard InChI is InChI=1S/C7H6ClOS/c1-10(9)7-4-2-6(8)3-5-7/h2-4H,1H3. The maximum absolute atomic E-state index is 10.8. The Kier molecular flexibility index (Phi) is 2.60. The van der Waals surface area contributed by atoms with E-state index in [1.54, 1.807) is 24.5 Å². The zero-order chi connectivity index (χ0) is 7.56. The third-order valence-corrected chi connectivity index (χ3v) is 2.16. The molecule has 1 aromatic carbocycles. The smallest absolute Gasteiger partial charge is 0.160 e. The van der Waals surface area contributed by atoms with Gasteiger partial charge in [0.05, 0.1) is 0 Å². The molecule has 1 radical (unpaired) electrons. The highest BCUT2D eigenvalue weighted by Gasteiger charge is 2.01. The first-order valence-corrected chi connectivity index (χ1v) is 4.64. The van der Waals surface area contributed by atoms with Crippen molar-refractivity contribution in [3.05, 3.63) is 29.3 Å². The van der Waals surface area contributed by atoms with Crippen molar-refractivity contribution in [2.75, 3.05) is 6.26 Å². The minimum Gasteiger partial charge on any atom is -0.612 e. The molecule has 0 aliphatic rings. The van der Waals surface area contributed by atoms with E-state index in [0.29, 0.717) is 9.92 Å². The lowest BCUT2D eigenvalue weighted by atomic mass is 10.4. The van der Waals surface area contributed by atoms with Gasteiger partial charge in [0, 0.05) is 11.1 Å². The number of benzene rings is 1. The molecule has 53 valence electrons. The van der Waals surface area contributed by atoms with Gasteiger partial charge in [0.25, 0.3) is 0 Å². The molecule has 1 aromatic rings. The molecule has 0 heterocycles. The fourth-order valence-corrected chi connectivity index (χ4v) is 1.17. The van der Waals surface area contributed by atoms with E-state index in [1.165, 1.54) is 0 Å². The highest BCUT2D eigenvalue weighted by Crippen LogP contribution is 2.12. The van der Waals surface area contributed by atoms with Crippen molar-refractivity contribution in [3.8, 4) is 0 Å². The molecule has 1 rings (SSSR count). The van der Waals surface area contributed by atoms with E-state index in [9.17, 15) is 4.55 Å². The number of hydrogen-bond acceptors (Lipinski definition) is 1. The Bertz CT molecular complexity index is 207. The van der Waals surface area contributed by atoms with Crippen LogP contribution in [0.1, 0.15) is 0 Å². The van der Waals surface area contributed by atoms with Gasteiger partial charge in [-0.3, -0.25) is 0 Å². The molecule has 0 aliphatic carbocycles. The zero-order valence-corrected chi connectivity index (χ0v) is 7.00. The molecular weight excluding hydrogens is 168 g/mol. The van der Waals surface area contributed by atoms with Gasteiger partial charge in [0.2, 0.25) is 0 Å². The summed E-state index contributed by atoms with van der Waals surface area (Å²) in [7, 11) is 0. The molecule has 1 atom stereocenters. The van der Waals surface area contributed by atoms with E-state index >= 15 is 0 Å². The SMILES string of the molecule is C[S+]([O-])c1[c]cc(Cl)cc1. The molecule has 10 heavy (non-hydrogen) atoms. The van der Waals surface area contributed by atoms with E-state index in [0.717, 1.165) is 0 Å². The van der Waals surface area contributed by atoms with Gasteiger partial charge >= 0.3 is 0 Å². The molecule has 0 saturated carbocycles. The van der Waals surface area contributed by atoms with Crippen LogP contribution in [-0.4, -0.2) is 10.8 Å². The van der Waals surface area contributed by atoms with Crippen LogP contribution < -0.4 is 0 Å². The van der Waals surface area contributed by atoms with Crippen LogP contribution in [0.15, 0.2) is 23.1 Å². The van der Waals surface area contributed by atoms with Crippen LogP contribution in [-0.2, 0) is 11.2 Å². The number of hydrogen-bond donors (Lipinski definition) is 0. The molecule has 0 aliphatic heterocycles. The van der Waals surface area contributed by atoms with E-state index in [4.69, 9.17) is 11.6 Å². The Morgan fingerprint density at radius 1 is 1.60 bits per heavy atom. The van der Waals surface area contributed by atoms with E-state index in [2.05, 4.69) is 6.07 Å². The summed E-state index contributed by atoms with van der Waals surface area (Å²) < 4.78 is 10.8. The maximum atomic E-state index is 10.8. The van der Waals surface area contributed by atoms with Gasteiger partial charge in [-0.25, -0.2) is 0 Å². The van der Waals surface area contributed by atoms with Crippen molar-refractivity contribution in [1.29, 1.82) is 0 Å². The minimum absolute atomic E-state index is 0.620. The highest BCUT2D eigenvalue weighted by molar-refractivity contribution is 7.90. The quantitative estimate of drug-likeness (QED) is 0.595. The van der Waals surface area contributed by atoms with Crippen molar-refractivity contribution in [2.24, 2.45) is 0 Å². The second-order valence-corrected chi connectivity index (χ2v) is 3.61. The first kappa shape index (κ1) is 7.92. The molecule has 0 aromatic heterocycles. The van der Waals surface area contributed by atoms with Gasteiger partial charge < -0.3 is 4.55 Å². The van der Waals surface area contributed by atoms with E-state index in [1.807, 2.05) is 0 Å². The molecule has 0 fully saturated rings. The Hall–Kier alpha value is -0.180. The zero-order valence-electron chi connectivity index (χ0n) is 5.43. The number of rotatable bonds is 1. The molecule has 0 spiro atoms. The van der Waals surface area contributed by atoms with Gasteiger partial charge in [-0.05, 0) is 29.4 Å². The summed E-state index contributed by atoms with van der Waals surface area (Å²) in [4.78, 5) is 0.685. The predicted octanol–water partition coefficient (Wildman–Crippen LogP) is 1.88. The first-order valence-electron chi connectivity index (χ1n) is 2.71. The summed E-state index contributed by atoms with van der Waals surface area (Å²) >= 11 is 4.63. The van der Waals surface area contributed by atoms with Crippen molar-refractivity contribution >= 4 is 22.8 Å². The molecule has 0 N–H and O–H groups in total. The molecule has 3 heteroatoms. The van der Waals surface area contributed by atoms with Gasteiger partial charge in [-0.2, -0.15) is 0 Å². The topological polar surface area (TPSA) is 23.1 Å². The second-order valence-electron chi connectivity index (χ2n) is 1.83. The molecular formula is C7H6ClOS. The predicted molar refractivity (Wildman–Crippen MR) is 42.6 cm³/mol. The summed E-state index contributed by atoms with van der Waals surface area (Å²) in [5.41, 5.74) is 0. The van der Waals surface area contributed by atoms with Crippen molar-refractivity contribution in [3.63, 3.8) is 0 Å². The summed E-state index contributed by atoms with van der Waals surface area (Å²) in [6.45, 7) is 0. The fourth-order valence-electron chi connectivity index (χ4n) is 0.570. The van der Waals surface area contributed by atoms with Gasteiger partial charge in [0.1, 0.15) is 6.26 Å². The normalized spacial score (nSPS) is 13.1. The van der Waals surface area contributed by atoms with Crippen LogP contribution in [0.4, 0.5) is 0 Å². The van der Waals surface area contributed by atoms with Crippen molar-refractivity contribution in [2.45, 2.75) is 4.90 Å². The average molecular weight is 174 g/mol. The van der Waals surface area contributed by atoms with Gasteiger partial charge in [-0.1, -0.05) is 11.6 Å². The van der Waals surface area contributed by atoms with Crippen LogP contribution in [0, 0.1) is 6.07 Å². The maximum Gasteiger partial charge on any atom is 0.160 e. The molecule has 0 bridgehead atoms. The van der Waals surface area contributed by atoms with Crippen LogP contribution in [0.25, 0.3) is 0 Å². The van der Waals surface area contributed by atoms with Gasteiger partial charge in [0.15, 0.2) is 4.90 Å². The summed E-state index contributed by atoms with van der Waals surface area (Å²) in [6, 6.07) is 7.82. The van der Waals surface area contributed by atoms with Crippen LogP contribution in [0.2, 0.25) is 5.02 Å². The molecule has 0 amide bonds. The molecule has 0 saturated heterocycles. The lowest BCUT2D eigenvalue weighted by Crippen LogP contribution is -1.95. The Morgan fingerprint density at radius 3 is 2.70 bits per heavy atom. The summed E-state index contributed by atoms with van der Waals surface area (Å²) in [5.74, 6) is 0. The molecule has 1 nitrogen and oxygen atoms in total. The third-order valence-electron chi connectivity index (χ3n) is 1.06. The fraction of sp³-hybridized carbons (Fsp3) is 0.143. The summed E-state index contributed by atoms with van der Waals surface area (Å²) in [6.07, 6.45) is 1.61. The summed E-state index contributed by atoms with van der Waals surface area (Å²) in [5, 5.41) is 0.620. The second kappa shape index (κ2) is 3.28. The van der Waals surface area contributed by atoms with Gasteiger partial charge in [-0.15, -0.1) is 0 Å². The van der Waals surface area contributed by atoms with Crippen molar-refractivity contribution < 1.29 is 4.55 Å². The van der Waals surface area contributed by atoms with Crippen molar-refractivity contribution in [1.82, 2.24) is 0 Å². The minimum atomic E-state index is -0.951. The monoisotopic (exact) mass is 173 g/mol. The Morgan fingerprint density at radius 2 is 2.30 bits per heavy atom. The Balaban J connectivity index is 2.89. The van der Waals surface area contributed by atoms with Crippen LogP contribution in [0.3, 0.4) is 0 Å². The largest absolute Gasteiger partial charge is 0.612 e. The average Bonchev–Trinajstić information content (AvgIpc) is 1.88. The van der Waals surface area contributed by atoms with E-state index < -0.39 is 11.2 Å². The third kappa shape index (κ3) is 1.90. The van der Waals surface area contributed by atoms with Crippen LogP contribution in [0.5, 0.6) is 0 Å². The lowest BCUT2D eigenvalue weighted by molar-refractivity contribution is 0.600. The molecule has 1 unspecified atom stereocenters. The highest BCUT2D eigenvalue weighted by atomic mass is 35.5. The lowest BCUT2D eigenvalue weighted by Gasteiger charge is -2.01. The van der Waals surface area contributed by atoms with E-state index in [-0.39, 0.29) is 0 Å². The Labute approximate surface area is 68.2 Å².